The second-order valence-corrected chi connectivity index (χ2v) is 11.0. The standard InChI is InChI=1S/C17H21N3O6S3/c1-26-17(21)14-11-13(28(18,22)23)4-5-15(14)20-8-6-12(7-9-20)19-29(24,25)16-3-2-10-27-16/h2-5,10-12,19H,6-9H2,1H3,(H2,18,22,23). The van der Waals surface area contributed by atoms with E-state index in [4.69, 9.17) is 9.88 Å². The minimum absolute atomic E-state index is 0.0941. The van der Waals surface area contributed by atoms with Crippen LogP contribution in [0.25, 0.3) is 0 Å². The molecule has 1 aromatic carbocycles. The first-order valence-corrected chi connectivity index (χ1v) is 12.6. The van der Waals surface area contributed by atoms with Crippen LogP contribution in [-0.2, 0) is 24.8 Å². The van der Waals surface area contributed by atoms with E-state index in [1.165, 1.54) is 25.3 Å². The van der Waals surface area contributed by atoms with Gasteiger partial charge in [0.05, 0.1) is 23.3 Å². The molecule has 158 valence electrons. The predicted octanol–water partition coefficient (Wildman–Crippen LogP) is 1.13. The van der Waals surface area contributed by atoms with Crippen molar-refractivity contribution in [1.82, 2.24) is 4.72 Å². The van der Waals surface area contributed by atoms with Crippen molar-refractivity contribution in [3.8, 4) is 0 Å². The fourth-order valence-corrected chi connectivity index (χ4v) is 6.03. The Hall–Kier alpha value is -1.99. The molecule has 0 unspecified atom stereocenters. The van der Waals surface area contributed by atoms with Crippen molar-refractivity contribution in [1.29, 1.82) is 0 Å². The van der Waals surface area contributed by atoms with Gasteiger partial charge < -0.3 is 9.64 Å². The molecule has 29 heavy (non-hydrogen) atoms. The molecule has 2 aromatic rings. The van der Waals surface area contributed by atoms with Gasteiger partial charge in [-0.15, -0.1) is 11.3 Å². The van der Waals surface area contributed by atoms with Crippen LogP contribution >= 0.6 is 11.3 Å². The summed E-state index contributed by atoms with van der Waals surface area (Å²) >= 11 is 1.16. The number of nitrogens with zero attached hydrogens (tertiary/aromatic N) is 1. The van der Waals surface area contributed by atoms with Gasteiger partial charge in [0.2, 0.25) is 20.0 Å². The van der Waals surface area contributed by atoms with Gasteiger partial charge in [0.1, 0.15) is 4.21 Å². The van der Waals surface area contributed by atoms with Crippen LogP contribution < -0.4 is 14.8 Å². The Balaban J connectivity index is 1.76. The highest BCUT2D eigenvalue weighted by molar-refractivity contribution is 7.91. The van der Waals surface area contributed by atoms with E-state index in [0.29, 0.717) is 31.6 Å². The summed E-state index contributed by atoms with van der Waals surface area (Å²) in [4.78, 5) is 13.9. The van der Waals surface area contributed by atoms with Gasteiger partial charge >= 0.3 is 5.97 Å². The number of ether oxygens (including phenoxy) is 1. The third kappa shape index (κ3) is 4.95. The SMILES string of the molecule is COC(=O)c1cc(S(N)(=O)=O)ccc1N1CCC(NS(=O)(=O)c2cccs2)CC1. The van der Waals surface area contributed by atoms with Crippen LogP contribution in [0.15, 0.2) is 44.8 Å². The number of piperidine rings is 1. The number of anilines is 1. The molecule has 2 heterocycles. The smallest absolute Gasteiger partial charge is 0.340 e. The quantitative estimate of drug-likeness (QED) is 0.618. The Morgan fingerprint density at radius 2 is 1.90 bits per heavy atom. The van der Waals surface area contributed by atoms with Crippen LogP contribution in [-0.4, -0.2) is 49.0 Å². The van der Waals surface area contributed by atoms with E-state index in [-0.39, 0.29) is 20.7 Å². The Morgan fingerprint density at radius 1 is 1.21 bits per heavy atom. The zero-order chi connectivity index (χ0) is 21.2. The van der Waals surface area contributed by atoms with Gasteiger partial charge in [0, 0.05) is 19.1 Å². The summed E-state index contributed by atoms with van der Waals surface area (Å²) in [6.45, 7) is 0.965. The first-order valence-electron chi connectivity index (χ1n) is 8.68. The number of carbonyl (C=O) groups is 1. The molecule has 0 bridgehead atoms. The van der Waals surface area contributed by atoms with Gasteiger partial charge in [-0.3, -0.25) is 0 Å². The molecule has 0 aliphatic carbocycles. The van der Waals surface area contributed by atoms with E-state index in [1.807, 2.05) is 4.90 Å². The van der Waals surface area contributed by atoms with Crippen LogP contribution in [0.3, 0.4) is 0 Å². The van der Waals surface area contributed by atoms with Crippen LogP contribution in [0.5, 0.6) is 0 Å². The zero-order valence-electron chi connectivity index (χ0n) is 15.6. The number of esters is 1. The molecule has 1 fully saturated rings. The number of rotatable bonds is 6. The van der Waals surface area contributed by atoms with Crippen molar-refractivity contribution in [3.05, 3.63) is 41.3 Å². The molecule has 0 atom stereocenters. The molecular weight excluding hydrogens is 438 g/mol. The molecule has 0 saturated carbocycles. The van der Waals surface area contributed by atoms with E-state index in [2.05, 4.69) is 4.72 Å². The summed E-state index contributed by atoms with van der Waals surface area (Å²) in [6, 6.07) is 7.05. The van der Waals surface area contributed by atoms with Crippen LogP contribution in [0, 0.1) is 0 Å². The van der Waals surface area contributed by atoms with Crippen molar-refractivity contribution in [2.45, 2.75) is 28.0 Å². The van der Waals surface area contributed by atoms with Crippen molar-refractivity contribution in [3.63, 3.8) is 0 Å². The highest BCUT2D eigenvalue weighted by atomic mass is 32.2. The summed E-state index contributed by atoms with van der Waals surface area (Å²) in [7, 11) is -6.31. The lowest BCUT2D eigenvalue weighted by molar-refractivity contribution is 0.0601. The summed E-state index contributed by atoms with van der Waals surface area (Å²) < 4.78 is 55.7. The number of hydrogen-bond donors (Lipinski definition) is 2. The topological polar surface area (TPSA) is 136 Å². The van der Waals surface area contributed by atoms with Crippen LogP contribution in [0.4, 0.5) is 5.69 Å². The molecule has 0 amide bonds. The summed E-state index contributed by atoms with van der Waals surface area (Å²) in [5.41, 5.74) is 0.612. The van der Waals surface area contributed by atoms with Gasteiger partial charge in [-0.2, -0.15) is 0 Å². The van der Waals surface area contributed by atoms with Crippen molar-refractivity contribution in [2.75, 3.05) is 25.1 Å². The minimum Gasteiger partial charge on any atom is -0.465 e. The van der Waals surface area contributed by atoms with Crippen LogP contribution in [0.1, 0.15) is 23.2 Å². The largest absolute Gasteiger partial charge is 0.465 e. The Morgan fingerprint density at radius 3 is 2.45 bits per heavy atom. The average molecular weight is 460 g/mol. The highest BCUT2D eigenvalue weighted by Crippen LogP contribution is 2.28. The van der Waals surface area contributed by atoms with E-state index in [9.17, 15) is 21.6 Å². The van der Waals surface area contributed by atoms with Crippen molar-refractivity contribution < 1.29 is 26.4 Å². The maximum absolute atomic E-state index is 12.4. The normalized spacial score (nSPS) is 16.0. The molecule has 3 rings (SSSR count). The highest BCUT2D eigenvalue weighted by Gasteiger charge is 2.28. The Kier molecular flexibility index (Phi) is 6.29. The van der Waals surface area contributed by atoms with E-state index in [1.54, 1.807) is 17.5 Å². The first-order chi connectivity index (χ1) is 13.6. The van der Waals surface area contributed by atoms with Crippen molar-refractivity contribution in [2.24, 2.45) is 5.14 Å². The number of methoxy groups -OCH3 is 1. The van der Waals surface area contributed by atoms with Gasteiger partial charge in [-0.1, -0.05) is 6.07 Å². The zero-order valence-corrected chi connectivity index (χ0v) is 18.0. The molecule has 1 aliphatic heterocycles. The fourth-order valence-electron chi connectivity index (χ4n) is 3.17. The maximum Gasteiger partial charge on any atom is 0.340 e. The number of sulfonamides is 2. The lowest BCUT2D eigenvalue weighted by Crippen LogP contribution is -2.44. The molecule has 0 spiro atoms. The molecule has 3 N–H and O–H groups in total. The molecular formula is C17H21N3O6S3. The number of nitrogens with two attached hydrogens (primary N) is 1. The number of nitrogens with one attached hydrogen (secondary N) is 1. The van der Waals surface area contributed by atoms with Gasteiger partial charge in [0.15, 0.2) is 0 Å². The third-order valence-electron chi connectivity index (χ3n) is 4.62. The molecule has 1 saturated heterocycles. The summed E-state index contributed by atoms with van der Waals surface area (Å²) in [5.74, 6) is -0.675. The van der Waals surface area contributed by atoms with E-state index >= 15 is 0 Å². The maximum atomic E-state index is 12.4. The molecule has 1 aliphatic rings. The van der Waals surface area contributed by atoms with Gasteiger partial charge in [-0.05, 0) is 42.5 Å². The van der Waals surface area contributed by atoms with E-state index in [0.717, 1.165) is 11.3 Å². The second kappa shape index (κ2) is 8.40. The Labute approximate surface area is 173 Å². The third-order valence-corrected chi connectivity index (χ3v) is 8.45. The average Bonchev–Trinajstić information content (AvgIpc) is 3.22. The lowest BCUT2D eigenvalue weighted by Gasteiger charge is -2.34. The molecule has 0 radical (unpaired) electrons. The number of carbonyl (C=O) groups excluding carboxylic acids is 1. The van der Waals surface area contributed by atoms with Crippen molar-refractivity contribution >= 4 is 43.0 Å². The van der Waals surface area contributed by atoms with Gasteiger partial charge in [0.25, 0.3) is 0 Å². The molecule has 12 heteroatoms. The molecule has 9 nitrogen and oxygen atoms in total. The Bertz CT molecular complexity index is 1090. The summed E-state index contributed by atoms with van der Waals surface area (Å²) in [6.07, 6.45) is 1.06. The predicted molar refractivity (Wildman–Crippen MR) is 109 cm³/mol. The number of hydrogen-bond acceptors (Lipinski definition) is 8. The fraction of sp³-hybridized carbons (Fsp3) is 0.353. The summed E-state index contributed by atoms with van der Waals surface area (Å²) in [5, 5.41) is 6.86. The first kappa shape index (κ1) is 21.7. The minimum atomic E-state index is -3.97. The second-order valence-electron chi connectivity index (χ2n) is 6.53. The van der Waals surface area contributed by atoms with Crippen LogP contribution in [0.2, 0.25) is 0 Å². The lowest BCUT2D eigenvalue weighted by atomic mass is 10.0. The van der Waals surface area contributed by atoms with Gasteiger partial charge in [-0.25, -0.2) is 31.5 Å². The van der Waals surface area contributed by atoms with E-state index < -0.39 is 26.0 Å². The number of primary sulfonamides is 1. The molecule has 1 aromatic heterocycles. The monoisotopic (exact) mass is 459 g/mol. The number of thiophene rings is 1. The number of benzene rings is 1.